The Balaban J connectivity index is 2.00. The molecule has 3 heteroatoms. The van der Waals surface area contributed by atoms with Crippen LogP contribution in [0.4, 0.5) is 0 Å². The minimum atomic E-state index is 0.551. The number of hydrogen-bond donors (Lipinski definition) is 0. The summed E-state index contributed by atoms with van der Waals surface area (Å²) in [5.41, 5.74) is 6.91. The number of benzene rings is 1. The molecule has 0 fully saturated rings. The highest BCUT2D eigenvalue weighted by Gasteiger charge is 2.15. The van der Waals surface area contributed by atoms with Crippen LogP contribution < -0.4 is 4.74 Å². The number of pyridine rings is 2. The lowest BCUT2D eigenvalue weighted by Gasteiger charge is -2.17. The molecule has 0 N–H and O–H groups in total. The number of rotatable bonds is 7. The lowest BCUT2D eigenvalue weighted by Crippen LogP contribution is -2.07. The molecule has 0 aliphatic rings. The molecule has 0 aliphatic carbocycles. The van der Waals surface area contributed by atoms with Gasteiger partial charge in [-0.2, -0.15) is 0 Å². The highest BCUT2D eigenvalue weighted by atomic mass is 16.5. The van der Waals surface area contributed by atoms with Crippen molar-refractivity contribution in [3.63, 3.8) is 0 Å². The molecule has 148 valence electrons. The smallest absolute Gasteiger partial charge is 0.128 e. The van der Waals surface area contributed by atoms with E-state index >= 15 is 0 Å². The van der Waals surface area contributed by atoms with Crippen LogP contribution in [0, 0.1) is 18.8 Å². The summed E-state index contributed by atoms with van der Waals surface area (Å²) < 4.78 is 5.77. The van der Waals surface area contributed by atoms with Gasteiger partial charge in [-0.15, -0.1) is 0 Å². The maximum Gasteiger partial charge on any atom is 0.128 e. The fraction of sp³-hybridized carbons (Fsp3) is 0.440. The first-order chi connectivity index (χ1) is 13.4. The van der Waals surface area contributed by atoms with Crippen molar-refractivity contribution in [1.29, 1.82) is 0 Å². The summed E-state index contributed by atoms with van der Waals surface area (Å²) in [5, 5.41) is 1.19. The molecule has 2 heterocycles. The maximum atomic E-state index is 5.77. The van der Waals surface area contributed by atoms with E-state index < -0.39 is 0 Å². The molecule has 3 nitrogen and oxygen atoms in total. The average Bonchev–Trinajstić information content (AvgIpc) is 2.63. The molecule has 0 unspecified atom stereocenters. The first-order valence-electron chi connectivity index (χ1n) is 10.3. The summed E-state index contributed by atoms with van der Waals surface area (Å²) >= 11 is 0. The highest BCUT2D eigenvalue weighted by molar-refractivity contribution is 5.79. The third kappa shape index (κ3) is 4.70. The van der Waals surface area contributed by atoms with Crippen LogP contribution in [0.2, 0.25) is 0 Å². The van der Waals surface area contributed by atoms with Gasteiger partial charge < -0.3 is 4.74 Å². The Labute approximate surface area is 169 Å². The Kier molecular flexibility index (Phi) is 6.33. The van der Waals surface area contributed by atoms with Crippen LogP contribution in [0.25, 0.3) is 10.9 Å². The Hall–Kier alpha value is -2.42. The molecule has 0 atom stereocenters. The maximum absolute atomic E-state index is 5.77. The summed E-state index contributed by atoms with van der Waals surface area (Å²) in [6.07, 6.45) is 4.71. The van der Waals surface area contributed by atoms with Crippen LogP contribution in [0.1, 0.15) is 55.8 Å². The zero-order valence-electron chi connectivity index (χ0n) is 18.0. The number of methoxy groups -OCH3 is 1. The van der Waals surface area contributed by atoms with E-state index in [1.165, 1.54) is 16.5 Å². The standard InChI is InChI=1S/C25H32N2O/c1-16(2)11-21-10-9-20-8-7-19(14-23(20)27-21)13-22-24(12-17(3)4)26-15-18(5)25(22)28-6/h7-10,14-17H,11-13H2,1-6H3. The first-order valence-corrected chi connectivity index (χ1v) is 10.3. The predicted molar refractivity (Wildman–Crippen MR) is 117 cm³/mol. The van der Waals surface area contributed by atoms with Crippen LogP contribution in [0.3, 0.4) is 0 Å². The molecule has 0 radical (unpaired) electrons. The van der Waals surface area contributed by atoms with E-state index in [0.717, 1.165) is 47.5 Å². The van der Waals surface area contributed by atoms with Gasteiger partial charge >= 0.3 is 0 Å². The van der Waals surface area contributed by atoms with E-state index in [1.54, 1.807) is 7.11 Å². The Bertz CT molecular complexity index is 960. The van der Waals surface area contributed by atoms with E-state index in [4.69, 9.17) is 14.7 Å². The minimum absolute atomic E-state index is 0.551. The number of fused-ring (bicyclic) bond motifs is 1. The largest absolute Gasteiger partial charge is 0.496 e. The van der Waals surface area contributed by atoms with Gasteiger partial charge in [0.2, 0.25) is 0 Å². The molecule has 3 rings (SSSR count). The van der Waals surface area contributed by atoms with Crippen LogP contribution in [-0.2, 0) is 19.3 Å². The van der Waals surface area contributed by atoms with Gasteiger partial charge in [-0.25, -0.2) is 0 Å². The number of aryl methyl sites for hydroxylation is 1. The second kappa shape index (κ2) is 8.72. The molecule has 2 aromatic heterocycles. The molecule has 0 bridgehead atoms. The third-order valence-corrected chi connectivity index (χ3v) is 5.01. The second-order valence-corrected chi connectivity index (χ2v) is 8.60. The van der Waals surface area contributed by atoms with Gasteiger partial charge in [0.25, 0.3) is 0 Å². The van der Waals surface area contributed by atoms with Crippen molar-refractivity contribution in [2.24, 2.45) is 11.8 Å². The zero-order chi connectivity index (χ0) is 20.3. The van der Waals surface area contributed by atoms with E-state index in [0.29, 0.717) is 11.8 Å². The molecular weight excluding hydrogens is 344 g/mol. The van der Waals surface area contributed by atoms with Gasteiger partial charge in [-0.1, -0.05) is 45.9 Å². The summed E-state index contributed by atoms with van der Waals surface area (Å²) in [6, 6.07) is 10.9. The molecule has 3 aromatic rings. The summed E-state index contributed by atoms with van der Waals surface area (Å²) in [7, 11) is 1.76. The van der Waals surface area contributed by atoms with Gasteiger partial charge in [0.1, 0.15) is 5.75 Å². The van der Waals surface area contributed by atoms with Crippen LogP contribution in [-0.4, -0.2) is 17.1 Å². The number of nitrogens with zero attached hydrogens (tertiary/aromatic N) is 2. The second-order valence-electron chi connectivity index (χ2n) is 8.60. The molecule has 0 spiro atoms. The van der Waals surface area contributed by atoms with E-state index in [1.807, 2.05) is 6.20 Å². The monoisotopic (exact) mass is 376 g/mol. The molecule has 0 saturated heterocycles. The minimum Gasteiger partial charge on any atom is -0.496 e. The average molecular weight is 377 g/mol. The normalized spacial score (nSPS) is 11.6. The summed E-state index contributed by atoms with van der Waals surface area (Å²) in [5.74, 6) is 2.12. The first kappa shape index (κ1) is 20.3. The molecule has 28 heavy (non-hydrogen) atoms. The van der Waals surface area contributed by atoms with Crippen LogP contribution in [0.15, 0.2) is 36.5 Å². The van der Waals surface area contributed by atoms with Crippen molar-refractivity contribution in [2.45, 2.75) is 53.9 Å². The Morgan fingerprint density at radius 1 is 0.964 bits per heavy atom. The lowest BCUT2D eigenvalue weighted by atomic mass is 9.95. The van der Waals surface area contributed by atoms with E-state index in [2.05, 4.69) is 65.0 Å². The third-order valence-electron chi connectivity index (χ3n) is 5.01. The molecule has 1 aromatic carbocycles. The molecule has 0 aliphatic heterocycles. The van der Waals surface area contributed by atoms with Gasteiger partial charge in [0.05, 0.1) is 12.6 Å². The predicted octanol–water partition coefficient (Wildman–Crippen LogP) is 5.93. The molecule has 0 saturated carbocycles. The lowest BCUT2D eigenvalue weighted by molar-refractivity contribution is 0.405. The van der Waals surface area contributed by atoms with Gasteiger partial charge in [-0.3, -0.25) is 9.97 Å². The van der Waals surface area contributed by atoms with Gasteiger partial charge in [0.15, 0.2) is 0 Å². The SMILES string of the molecule is COc1c(C)cnc(CC(C)C)c1Cc1ccc2ccc(CC(C)C)nc2c1. The van der Waals surface area contributed by atoms with Crippen LogP contribution >= 0.6 is 0 Å². The van der Waals surface area contributed by atoms with Crippen molar-refractivity contribution in [1.82, 2.24) is 9.97 Å². The van der Waals surface area contributed by atoms with Crippen molar-refractivity contribution in [3.8, 4) is 5.75 Å². The topological polar surface area (TPSA) is 35.0 Å². The van der Waals surface area contributed by atoms with E-state index in [-0.39, 0.29) is 0 Å². The zero-order valence-corrected chi connectivity index (χ0v) is 18.0. The highest BCUT2D eigenvalue weighted by Crippen LogP contribution is 2.30. The van der Waals surface area contributed by atoms with Crippen molar-refractivity contribution in [2.75, 3.05) is 7.11 Å². The Morgan fingerprint density at radius 3 is 2.36 bits per heavy atom. The van der Waals surface area contributed by atoms with Crippen molar-refractivity contribution in [3.05, 3.63) is 64.6 Å². The van der Waals surface area contributed by atoms with Crippen LogP contribution in [0.5, 0.6) is 5.75 Å². The van der Waals surface area contributed by atoms with Crippen molar-refractivity contribution >= 4 is 10.9 Å². The molecule has 0 amide bonds. The molecular formula is C25H32N2O. The Morgan fingerprint density at radius 2 is 1.68 bits per heavy atom. The van der Waals surface area contributed by atoms with Gasteiger partial charge in [0, 0.05) is 40.5 Å². The summed E-state index contributed by atoms with van der Waals surface area (Å²) in [4.78, 5) is 9.64. The van der Waals surface area contributed by atoms with Gasteiger partial charge in [-0.05, 0) is 49.3 Å². The summed E-state index contributed by atoms with van der Waals surface area (Å²) in [6.45, 7) is 11.0. The van der Waals surface area contributed by atoms with E-state index in [9.17, 15) is 0 Å². The fourth-order valence-electron chi connectivity index (χ4n) is 3.76. The number of aromatic nitrogens is 2. The number of hydrogen-bond acceptors (Lipinski definition) is 3. The quantitative estimate of drug-likeness (QED) is 0.512. The fourth-order valence-corrected chi connectivity index (χ4v) is 3.76. The van der Waals surface area contributed by atoms with Crippen molar-refractivity contribution < 1.29 is 4.74 Å². The number of ether oxygens (including phenoxy) is 1.